The summed E-state index contributed by atoms with van der Waals surface area (Å²) in [6, 6.07) is 29.9. The van der Waals surface area contributed by atoms with Gasteiger partial charge in [-0.3, -0.25) is 0 Å². The Bertz CT molecular complexity index is 1450. The lowest BCUT2D eigenvalue weighted by molar-refractivity contribution is -0.245. The summed E-state index contributed by atoms with van der Waals surface area (Å²) in [6.07, 6.45) is 2.81. The first kappa shape index (κ1) is 29.5. The lowest BCUT2D eigenvalue weighted by Gasteiger charge is -2.36. The van der Waals surface area contributed by atoms with Gasteiger partial charge in [-0.2, -0.15) is 0 Å². The molecule has 2 N–H and O–H groups in total. The number of carbonyl (C=O) groups excluding carboxylic acids is 1. The molecule has 0 radical (unpaired) electrons. The van der Waals surface area contributed by atoms with Crippen molar-refractivity contribution in [1.29, 1.82) is 0 Å². The fraction of sp³-hybridized carbons (Fsp3) is 0.235. The Morgan fingerprint density at radius 1 is 1.00 bits per heavy atom. The van der Waals surface area contributed by atoms with Gasteiger partial charge in [0.05, 0.1) is 23.8 Å². The highest BCUT2D eigenvalue weighted by atomic mass is 32.2. The quantitative estimate of drug-likeness (QED) is 0.146. The molecule has 1 fully saturated rings. The highest BCUT2D eigenvalue weighted by Gasteiger charge is 2.32. The number of pyridine rings is 1. The van der Waals surface area contributed by atoms with E-state index in [1.807, 2.05) is 91.0 Å². The number of aliphatic hydroxyl groups is 1. The minimum absolute atomic E-state index is 0.00577. The number of amides is 1. The van der Waals surface area contributed by atoms with E-state index in [0.717, 1.165) is 44.2 Å². The highest BCUT2D eigenvalue weighted by molar-refractivity contribution is 7.99. The minimum atomic E-state index is -0.541. The Balaban J connectivity index is 1.32. The lowest BCUT2D eigenvalue weighted by Crippen LogP contribution is -2.31. The Kier molecular flexibility index (Phi) is 10.4. The molecule has 2 heterocycles. The average Bonchev–Trinajstić information content (AvgIpc) is 3.06. The molecule has 1 aromatic heterocycles. The molecule has 42 heavy (non-hydrogen) atoms. The molecule has 1 aliphatic rings. The number of thioether (sulfide) groups is 1. The summed E-state index contributed by atoms with van der Waals surface area (Å²) in [4.78, 5) is 16.4. The van der Waals surface area contributed by atoms with Crippen LogP contribution in [0.25, 0.3) is 11.1 Å². The Morgan fingerprint density at radius 3 is 2.50 bits per heavy atom. The molecular formula is C34H34N2O5S. The number of aliphatic hydroxyl groups excluding tert-OH is 1. The van der Waals surface area contributed by atoms with E-state index in [9.17, 15) is 9.90 Å². The molecule has 216 valence electrons. The van der Waals surface area contributed by atoms with Crippen LogP contribution < -0.4 is 5.32 Å². The largest absolute Gasteiger partial charge is 0.445 e. The number of aromatic nitrogens is 1. The van der Waals surface area contributed by atoms with Crippen molar-refractivity contribution in [2.24, 2.45) is 0 Å². The van der Waals surface area contributed by atoms with E-state index in [2.05, 4.69) is 16.9 Å². The Morgan fingerprint density at radius 2 is 1.76 bits per heavy atom. The topological polar surface area (TPSA) is 89.9 Å². The number of benzene rings is 3. The second kappa shape index (κ2) is 14.8. The maximum Gasteiger partial charge on any atom is 0.407 e. The molecule has 0 bridgehead atoms. The van der Waals surface area contributed by atoms with Gasteiger partial charge in [0.1, 0.15) is 6.61 Å². The predicted molar refractivity (Wildman–Crippen MR) is 164 cm³/mol. The van der Waals surface area contributed by atoms with Crippen molar-refractivity contribution in [3.8, 4) is 11.1 Å². The summed E-state index contributed by atoms with van der Waals surface area (Å²) in [5.41, 5.74) is 5.85. The molecule has 1 aliphatic heterocycles. The van der Waals surface area contributed by atoms with E-state index in [-0.39, 0.29) is 25.4 Å². The first-order valence-corrected chi connectivity index (χ1v) is 14.9. The molecule has 1 saturated heterocycles. The van der Waals surface area contributed by atoms with Crippen molar-refractivity contribution >= 4 is 17.9 Å². The fourth-order valence-electron chi connectivity index (χ4n) is 4.76. The van der Waals surface area contributed by atoms with Gasteiger partial charge in [-0.25, -0.2) is 9.78 Å². The van der Waals surface area contributed by atoms with E-state index in [0.29, 0.717) is 13.0 Å². The molecular weight excluding hydrogens is 548 g/mol. The van der Waals surface area contributed by atoms with Crippen LogP contribution in [-0.4, -0.2) is 34.6 Å². The predicted octanol–water partition coefficient (Wildman–Crippen LogP) is 6.99. The number of alkyl carbamates (subject to hydrolysis) is 1. The van der Waals surface area contributed by atoms with Crippen LogP contribution in [0.5, 0.6) is 0 Å². The average molecular weight is 583 g/mol. The molecule has 0 aliphatic carbocycles. The van der Waals surface area contributed by atoms with Crippen LogP contribution >= 0.6 is 11.8 Å². The molecule has 7 nitrogen and oxygen atoms in total. The molecule has 1 amide bonds. The third-order valence-corrected chi connectivity index (χ3v) is 8.01. The summed E-state index contributed by atoms with van der Waals surface area (Å²) in [7, 11) is 0. The third kappa shape index (κ3) is 7.86. The third-order valence-electron chi connectivity index (χ3n) is 6.94. The molecule has 5 rings (SSSR count). The first-order valence-electron chi connectivity index (χ1n) is 13.9. The van der Waals surface area contributed by atoms with E-state index in [4.69, 9.17) is 14.2 Å². The van der Waals surface area contributed by atoms with Crippen LogP contribution in [0.2, 0.25) is 0 Å². The van der Waals surface area contributed by atoms with E-state index >= 15 is 0 Å². The number of hydrogen-bond donors (Lipinski definition) is 2. The molecule has 0 spiro atoms. The summed E-state index contributed by atoms with van der Waals surface area (Å²) in [6.45, 7) is 4.08. The molecule has 8 heteroatoms. The Hall–Kier alpha value is -3.95. The summed E-state index contributed by atoms with van der Waals surface area (Å²) in [5, 5.41) is 13.2. The number of hydrogen-bond acceptors (Lipinski definition) is 7. The van der Waals surface area contributed by atoms with Crippen LogP contribution in [0.1, 0.15) is 41.1 Å². The molecule has 0 unspecified atom stereocenters. The van der Waals surface area contributed by atoms with Gasteiger partial charge in [0, 0.05) is 30.5 Å². The standard InChI is InChI=1S/C34H34N2O5S/c1-2-19-39-34(38)36-21-28-7-3-4-8-30(28)25-14-16-27(17-15-25)33-40-29(23-42-32-9-5-6-18-35-32)20-31(41-33)26-12-10-24(22-37)11-13-26/h2-18,29,31,33,37H,1,19-23H2,(H,36,38)/t29-,31+,33+/m0/s1. The van der Waals surface area contributed by atoms with Gasteiger partial charge in [0.25, 0.3) is 0 Å². The fourth-order valence-corrected chi connectivity index (χ4v) is 5.64. The van der Waals surface area contributed by atoms with Gasteiger partial charge in [0.2, 0.25) is 0 Å². The molecule has 3 aromatic carbocycles. The monoisotopic (exact) mass is 582 g/mol. The van der Waals surface area contributed by atoms with Crippen molar-refractivity contribution in [2.75, 3.05) is 12.4 Å². The minimum Gasteiger partial charge on any atom is -0.445 e. The zero-order valence-electron chi connectivity index (χ0n) is 23.2. The zero-order valence-corrected chi connectivity index (χ0v) is 24.0. The Labute approximate surface area is 250 Å². The smallest absolute Gasteiger partial charge is 0.407 e. The molecule has 0 saturated carbocycles. The number of nitrogens with zero attached hydrogens (tertiary/aromatic N) is 1. The maximum atomic E-state index is 11.9. The van der Waals surface area contributed by atoms with E-state index in [1.54, 1.807) is 18.0 Å². The van der Waals surface area contributed by atoms with Crippen LogP contribution in [0.15, 0.2) is 115 Å². The maximum absolute atomic E-state index is 11.9. The van der Waals surface area contributed by atoms with Gasteiger partial charge in [-0.05, 0) is 39.9 Å². The molecule has 3 atom stereocenters. The zero-order chi connectivity index (χ0) is 29.1. The number of rotatable bonds is 11. The van der Waals surface area contributed by atoms with E-state index < -0.39 is 12.4 Å². The van der Waals surface area contributed by atoms with Gasteiger partial charge in [-0.1, -0.05) is 91.5 Å². The van der Waals surface area contributed by atoms with Crippen molar-refractivity contribution in [3.05, 3.63) is 132 Å². The summed E-state index contributed by atoms with van der Waals surface area (Å²) < 4.78 is 18.0. The normalized spacial score (nSPS) is 18.3. The highest BCUT2D eigenvalue weighted by Crippen LogP contribution is 2.40. The van der Waals surface area contributed by atoms with Crippen LogP contribution in [-0.2, 0) is 27.4 Å². The number of carbonyl (C=O) groups is 1. The second-order valence-corrected chi connectivity index (χ2v) is 10.9. The van der Waals surface area contributed by atoms with Crippen molar-refractivity contribution in [1.82, 2.24) is 10.3 Å². The van der Waals surface area contributed by atoms with Crippen LogP contribution in [0.3, 0.4) is 0 Å². The SMILES string of the molecule is C=CCOC(=O)NCc1ccccc1-c1ccc([C@@H]2O[C@H](CSc3ccccn3)C[C@H](c3ccc(CO)cc3)O2)cc1. The lowest BCUT2D eigenvalue weighted by atomic mass is 9.98. The van der Waals surface area contributed by atoms with Gasteiger partial charge < -0.3 is 24.6 Å². The van der Waals surface area contributed by atoms with Crippen molar-refractivity contribution < 1.29 is 24.1 Å². The van der Waals surface area contributed by atoms with Gasteiger partial charge in [0.15, 0.2) is 6.29 Å². The second-order valence-electron chi connectivity index (χ2n) is 9.85. The van der Waals surface area contributed by atoms with Crippen molar-refractivity contribution in [3.63, 3.8) is 0 Å². The van der Waals surface area contributed by atoms with Crippen LogP contribution in [0, 0.1) is 0 Å². The van der Waals surface area contributed by atoms with E-state index in [1.165, 1.54) is 6.08 Å². The van der Waals surface area contributed by atoms with Crippen LogP contribution in [0.4, 0.5) is 4.79 Å². The van der Waals surface area contributed by atoms with Crippen molar-refractivity contribution in [2.45, 2.75) is 43.1 Å². The number of nitrogens with one attached hydrogen (secondary N) is 1. The summed E-state index contributed by atoms with van der Waals surface area (Å²) in [5.74, 6) is 0.746. The molecule has 4 aromatic rings. The van der Waals surface area contributed by atoms with Gasteiger partial charge >= 0.3 is 6.09 Å². The summed E-state index contributed by atoms with van der Waals surface area (Å²) >= 11 is 1.67. The number of ether oxygens (including phenoxy) is 3. The van der Waals surface area contributed by atoms with Gasteiger partial charge in [-0.15, -0.1) is 11.8 Å². The first-order chi connectivity index (χ1) is 20.6.